The van der Waals surface area contributed by atoms with Crippen LogP contribution in [-0.4, -0.2) is 9.55 Å². The van der Waals surface area contributed by atoms with Gasteiger partial charge in [0.1, 0.15) is 5.52 Å². The lowest BCUT2D eigenvalue weighted by Crippen LogP contribution is -2.14. The van der Waals surface area contributed by atoms with Crippen molar-refractivity contribution < 1.29 is 4.42 Å². The number of para-hydroxylation sites is 5. The Bertz CT molecular complexity index is 4330. The lowest BCUT2D eigenvalue weighted by Gasteiger charge is -2.31. The molecule has 12 aromatic carbocycles. The second kappa shape index (κ2) is 18.5. The molecular weight excluding hydrogens is 915 g/mol. The number of fused-ring (bicyclic) bond motifs is 8. The molecule has 0 radical (unpaired) electrons. The number of aromatic nitrogens is 2. The van der Waals surface area contributed by atoms with Gasteiger partial charge in [-0.15, -0.1) is 0 Å². The van der Waals surface area contributed by atoms with E-state index in [0.717, 1.165) is 106 Å². The van der Waals surface area contributed by atoms with Gasteiger partial charge in [-0.25, -0.2) is 4.98 Å². The van der Waals surface area contributed by atoms with Crippen molar-refractivity contribution in [1.29, 1.82) is 0 Å². The van der Waals surface area contributed by atoms with Crippen LogP contribution in [0.15, 0.2) is 290 Å². The first kappa shape index (κ1) is 43.6. The number of rotatable bonds is 11. The molecule has 2 heterocycles. The standard InChI is InChI=1S/C69H47N5O/c1-6-20-50(21-7-1)69-70-64-42-39-49-37-36-48-38-40-59(46-62(48)67(49)68(64)75-69)72(53-26-12-4-13-27-53)56-31-19-33-58(45-56)73(57-32-18-30-55(44-57)71(51-22-8-2-9-23-51)52-24-10-3-11-25-52)60-41-43-66-63(47-60)61-34-16-17-35-65(61)74(66)54-28-14-5-15-29-54/h1-47H. The third-order valence-electron chi connectivity index (χ3n) is 14.3. The monoisotopic (exact) mass is 961 g/mol. The molecule has 0 saturated carbocycles. The minimum Gasteiger partial charge on any atom is -0.435 e. The van der Waals surface area contributed by atoms with Crippen LogP contribution < -0.4 is 14.7 Å². The predicted molar refractivity (Wildman–Crippen MR) is 313 cm³/mol. The highest BCUT2D eigenvalue weighted by molar-refractivity contribution is 6.19. The average molecular weight is 962 g/mol. The number of nitrogens with zero attached hydrogens (tertiary/aromatic N) is 5. The fraction of sp³-hybridized carbons (Fsp3) is 0. The molecule has 6 nitrogen and oxygen atoms in total. The summed E-state index contributed by atoms with van der Waals surface area (Å²) in [5.74, 6) is 0.609. The van der Waals surface area contributed by atoms with Gasteiger partial charge in [-0.3, -0.25) is 0 Å². The zero-order chi connectivity index (χ0) is 49.7. The Kier molecular flexibility index (Phi) is 10.7. The summed E-state index contributed by atoms with van der Waals surface area (Å²) >= 11 is 0. The van der Waals surface area contributed by atoms with Crippen molar-refractivity contribution in [3.8, 4) is 17.1 Å². The molecule has 0 unspecified atom stereocenters. The molecule has 354 valence electrons. The van der Waals surface area contributed by atoms with E-state index in [0.29, 0.717) is 5.89 Å². The molecule has 0 aliphatic carbocycles. The fourth-order valence-corrected chi connectivity index (χ4v) is 10.9. The Morgan fingerprint density at radius 1 is 0.307 bits per heavy atom. The van der Waals surface area contributed by atoms with Crippen molar-refractivity contribution in [2.24, 2.45) is 0 Å². The minimum absolute atomic E-state index is 0.609. The average Bonchev–Trinajstić information content (AvgIpc) is 4.08. The highest BCUT2D eigenvalue weighted by Gasteiger charge is 2.23. The molecule has 2 aromatic heterocycles. The lowest BCUT2D eigenvalue weighted by molar-refractivity contribution is 0.623. The van der Waals surface area contributed by atoms with E-state index in [1.54, 1.807) is 0 Å². The third kappa shape index (κ3) is 7.80. The van der Waals surface area contributed by atoms with Gasteiger partial charge >= 0.3 is 0 Å². The van der Waals surface area contributed by atoms with Crippen LogP contribution in [0.4, 0.5) is 51.2 Å². The molecule has 0 N–H and O–H groups in total. The molecule has 0 saturated heterocycles. The molecule has 14 aromatic rings. The highest BCUT2D eigenvalue weighted by Crippen LogP contribution is 2.46. The van der Waals surface area contributed by atoms with E-state index < -0.39 is 0 Å². The van der Waals surface area contributed by atoms with Crippen molar-refractivity contribution in [3.05, 3.63) is 285 Å². The summed E-state index contributed by atoms with van der Waals surface area (Å²) in [7, 11) is 0. The molecular formula is C69H47N5O. The molecule has 0 spiro atoms. The van der Waals surface area contributed by atoms with Crippen molar-refractivity contribution in [2.45, 2.75) is 0 Å². The third-order valence-corrected chi connectivity index (χ3v) is 14.3. The Hall–Kier alpha value is -10.2. The second-order valence-corrected chi connectivity index (χ2v) is 18.8. The van der Waals surface area contributed by atoms with Crippen LogP contribution in [-0.2, 0) is 0 Å². The van der Waals surface area contributed by atoms with Crippen molar-refractivity contribution in [1.82, 2.24) is 9.55 Å². The highest BCUT2D eigenvalue weighted by atomic mass is 16.3. The zero-order valence-corrected chi connectivity index (χ0v) is 40.8. The summed E-state index contributed by atoms with van der Waals surface area (Å²) in [5, 5.41) is 6.71. The summed E-state index contributed by atoms with van der Waals surface area (Å²) in [5.41, 5.74) is 15.3. The SMILES string of the molecule is c1ccc(-c2nc3ccc4ccc5ccc(N(c6ccccc6)c6cccc(N(c7cccc(N(c8ccccc8)c8ccccc8)c7)c7ccc8c(c7)c7ccccc7n8-c7ccccc7)c6)cc5c4c3o2)cc1. The molecule has 0 aliphatic rings. The van der Waals surface area contributed by atoms with Crippen LogP contribution in [0, 0.1) is 0 Å². The summed E-state index contributed by atoms with van der Waals surface area (Å²) < 4.78 is 9.06. The number of hydrogen-bond donors (Lipinski definition) is 0. The molecule has 75 heavy (non-hydrogen) atoms. The van der Waals surface area contributed by atoms with Gasteiger partial charge in [0.25, 0.3) is 0 Å². The summed E-state index contributed by atoms with van der Waals surface area (Å²) in [6, 6.07) is 101. The first-order valence-corrected chi connectivity index (χ1v) is 25.4. The maximum Gasteiger partial charge on any atom is 0.227 e. The zero-order valence-electron chi connectivity index (χ0n) is 40.8. The topological polar surface area (TPSA) is 40.7 Å². The second-order valence-electron chi connectivity index (χ2n) is 18.8. The van der Waals surface area contributed by atoms with Crippen molar-refractivity contribution in [2.75, 3.05) is 14.7 Å². The van der Waals surface area contributed by atoms with Crippen LogP contribution in [0.25, 0.3) is 71.6 Å². The number of anilines is 9. The van der Waals surface area contributed by atoms with Gasteiger partial charge in [0, 0.05) is 78.6 Å². The summed E-state index contributed by atoms with van der Waals surface area (Å²) in [4.78, 5) is 12.1. The normalized spacial score (nSPS) is 11.5. The van der Waals surface area contributed by atoms with Gasteiger partial charge < -0.3 is 23.7 Å². The van der Waals surface area contributed by atoms with Gasteiger partial charge in [0.2, 0.25) is 5.89 Å². The number of benzene rings is 12. The smallest absolute Gasteiger partial charge is 0.227 e. The molecule has 0 amide bonds. The Morgan fingerprint density at radius 2 is 0.733 bits per heavy atom. The first-order chi connectivity index (χ1) is 37.2. The van der Waals surface area contributed by atoms with Crippen LogP contribution in [0.3, 0.4) is 0 Å². The van der Waals surface area contributed by atoms with Crippen LogP contribution in [0.5, 0.6) is 0 Å². The van der Waals surface area contributed by atoms with Gasteiger partial charge in [0.05, 0.1) is 11.0 Å². The fourth-order valence-electron chi connectivity index (χ4n) is 10.9. The van der Waals surface area contributed by atoms with Gasteiger partial charge in [0.15, 0.2) is 5.58 Å². The summed E-state index contributed by atoms with van der Waals surface area (Å²) in [6.45, 7) is 0. The van der Waals surface area contributed by atoms with E-state index >= 15 is 0 Å². The van der Waals surface area contributed by atoms with E-state index in [1.807, 2.05) is 30.3 Å². The Labute approximate surface area is 434 Å². The first-order valence-electron chi connectivity index (χ1n) is 25.4. The minimum atomic E-state index is 0.609. The van der Waals surface area contributed by atoms with Gasteiger partial charge in [-0.1, -0.05) is 146 Å². The van der Waals surface area contributed by atoms with Crippen LogP contribution in [0.1, 0.15) is 0 Å². The van der Waals surface area contributed by atoms with E-state index in [4.69, 9.17) is 9.40 Å². The quantitative estimate of drug-likeness (QED) is 0.121. The van der Waals surface area contributed by atoms with Crippen LogP contribution >= 0.6 is 0 Å². The van der Waals surface area contributed by atoms with Gasteiger partial charge in [-0.2, -0.15) is 0 Å². The van der Waals surface area contributed by atoms with Crippen LogP contribution in [0.2, 0.25) is 0 Å². The summed E-state index contributed by atoms with van der Waals surface area (Å²) in [6.07, 6.45) is 0. The van der Waals surface area contributed by atoms with E-state index in [-0.39, 0.29) is 0 Å². The number of oxazole rings is 1. The maximum absolute atomic E-state index is 6.68. The van der Waals surface area contributed by atoms with Crippen molar-refractivity contribution >= 4 is 106 Å². The van der Waals surface area contributed by atoms with E-state index in [2.05, 4.69) is 274 Å². The maximum atomic E-state index is 6.68. The number of hydrogen-bond acceptors (Lipinski definition) is 5. The molecule has 0 fully saturated rings. The lowest BCUT2D eigenvalue weighted by atomic mass is 10.00. The largest absolute Gasteiger partial charge is 0.435 e. The molecule has 14 rings (SSSR count). The molecule has 0 aliphatic heterocycles. The predicted octanol–water partition coefficient (Wildman–Crippen LogP) is 19.3. The Balaban J connectivity index is 0.965. The van der Waals surface area contributed by atoms with Gasteiger partial charge in [-0.05, 0) is 156 Å². The van der Waals surface area contributed by atoms with E-state index in [9.17, 15) is 0 Å². The molecule has 0 bridgehead atoms. The Morgan fingerprint density at radius 3 is 1.35 bits per heavy atom. The molecule has 0 atom stereocenters. The van der Waals surface area contributed by atoms with Crippen molar-refractivity contribution in [3.63, 3.8) is 0 Å². The molecule has 6 heteroatoms. The van der Waals surface area contributed by atoms with E-state index in [1.165, 1.54) is 10.8 Å².